The topological polar surface area (TPSA) is 71.1 Å². The molecule has 0 aliphatic heterocycles. The van der Waals surface area contributed by atoms with Crippen molar-refractivity contribution in [1.82, 2.24) is 4.98 Å². The van der Waals surface area contributed by atoms with Gasteiger partial charge in [0.15, 0.2) is 0 Å². The van der Waals surface area contributed by atoms with Gasteiger partial charge >= 0.3 is 0 Å². The molecule has 0 aliphatic rings. The highest BCUT2D eigenvalue weighted by molar-refractivity contribution is 7.07. The summed E-state index contributed by atoms with van der Waals surface area (Å²) in [6.07, 6.45) is 0.785. The largest absolute Gasteiger partial charge is 0.326 e. The van der Waals surface area contributed by atoms with Crippen LogP contribution in [0.1, 0.15) is 29.9 Å². The van der Waals surface area contributed by atoms with Crippen molar-refractivity contribution in [3.8, 4) is 0 Å². The Balaban J connectivity index is 2.24. The number of hydrogen-bond donors (Lipinski definition) is 2. The maximum absolute atomic E-state index is 12.0. The molecule has 0 aliphatic carbocycles. The van der Waals surface area contributed by atoms with Gasteiger partial charge < -0.3 is 10.6 Å². The van der Waals surface area contributed by atoms with E-state index in [1.807, 2.05) is 19.1 Å². The summed E-state index contributed by atoms with van der Waals surface area (Å²) in [5, 5.41) is 7.23. The smallest absolute Gasteiger partial charge is 0.275 e. The normalized spacial score (nSPS) is 10.1. The number of benzene rings is 1. The first kappa shape index (κ1) is 14.2. The molecule has 104 valence electrons. The van der Waals surface area contributed by atoms with Gasteiger partial charge in [0.05, 0.1) is 5.51 Å². The number of aromatic nitrogens is 1. The zero-order valence-corrected chi connectivity index (χ0v) is 12.1. The molecular formula is C14H15N3O2S. The van der Waals surface area contributed by atoms with Crippen LogP contribution in [0.4, 0.5) is 11.4 Å². The molecule has 0 saturated heterocycles. The second-order valence-electron chi connectivity index (χ2n) is 4.23. The van der Waals surface area contributed by atoms with E-state index in [9.17, 15) is 9.59 Å². The Morgan fingerprint density at radius 2 is 2.10 bits per heavy atom. The van der Waals surface area contributed by atoms with E-state index >= 15 is 0 Å². The summed E-state index contributed by atoms with van der Waals surface area (Å²) in [7, 11) is 0. The fourth-order valence-electron chi connectivity index (χ4n) is 1.79. The Labute approximate surface area is 121 Å². The summed E-state index contributed by atoms with van der Waals surface area (Å²) in [4.78, 5) is 27.1. The molecule has 2 rings (SSSR count). The molecule has 6 heteroatoms. The standard InChI is InChI=1S/C14H15N3O2S/c1-3-10-4-5-11(16-9(2)18)6-12(10)17-14(19)13-7-20-8-15-13/h4-8H,3H2,1-2H3,(H,16,18)(H,17,19). The molecule has 0 saturated carbocycles. The van der Waals surface area contributed by atoms with Gasteiger partial charge in [-0.3, -0.25) is 9.59 Å². The van der Waals surface area contributed by atoms with Crippen molar-refractivity contribution < 1.29 is 9.59 Å². The predicted molar refractivity (Wildman–Crippen MR) is 80.2 cm³/mol. The maximum Gasteiger partial charge on any atom is 0.275 e. The van der Waals surface area contributed by atoms with Gasteiger partial charge in [-0.05, 0) is 24.1 Å². The van der Waals surface area contributed by atoms with Gasteiger partial charge in [-0.1, -0.05) is 13.0 Å². The first-order valence-electron chi connectivity index (χ1n) is 6.20. The monoisotopic (exact) mass is 289 g/mol. The molecule has 0 unspecified atom stereocenters. The van der Waals surface area contributed by atoms with Gasteiger partial charge in [0, 0.05) is 23.7 Å². The summed E-state index contributed by atoms with van der Waals surface area (Å²) < 4.78 is 0. The summed E-state index contributed by atoms with van der Waals surface area (Å²) >= 11 is 1.37. The number of thiazole rings is 1. The first-order valence-corrected chi connectivity index (χ1v) is 7.14. The fraction of sp³-hybridized carbons (Fsp3) is 0.214. The van der Waals surface area contributed by atoms with Crippen molar-refractivity contribution in [2.24, 2.45) is 0 Å². The number of carbonyl (C=O) groups excluding carboxylic acids is 2. The number of rotatable bonds is 4. The van der Waals surface area contributed by atoms with Gasteiger partial charge in [-0.2, -0.15) is 0 Å². The molecule has 2 N–H and O–H groups in total. The SMILES string of the molecule is CCc1ccc(NC(C)=O)cc1NC(=O)c1cscn1. The summed E-state index contributed by atoms with van der Waals surface area (Å²) in [5.41, 5.74) is 4.35. The molecule has 5 nitrogen and oxygen atoms in total. The lowest BCUT2D eigenvalue weighted by atomic mass is 10.1. The van der Waals surface area contributed by atoms with Crippen molar-refractivity contribution in [3.05, 3.63) is 40.3 Å². The Kier molecular flexibility index (Phi) is 4.47. The zero-order chi connectivity index (χ0) is 14.5. The molecule has 0 spiro atoms. The van der Waals surface area contributed by atoms with E-state index in [-0.39, 0.29) is 11.8 Å². The van der Waals surface area contributed by atoms with Crippen LogP contribution in [0.2, 0.25) is 0 Å². The van der Waals surface area contributed by atoms with Crippen molar-refractivity contribution in [1.29, 1.82) is 0 Å². The van der Waals surface area contributed by atoms with Gasteiger partial charge in [-0.15, -0.1) is 11.3 Å². The number of anilines is 2. The molecule has 0 fully saturated rings. The Bertz CT molecular complexity index is 623. The van der Waals surface area contributed by atoms with Gasteiger partial charge in [0.25, 0.3) is 5.91 Å². The highest BCUT2D eigenvalue weighted by Crippen LogP contribution is 2.22. The highest BCUT2D eigenvalue weighted by atomic mass is 32.1. The van der Waals surface area contributed by atoms with E-state index in [1.165, 1.54) is 18.3 Å². The van der Waals surface area contributed by atoms with Gasteiger partial charge in [0.2, 0.25) is 5.91 Å². The summed E-state index contributed by atoms with van der Waals surface area (Å²) in [6, 6.07) is 5.46. The molecule has 1 heterocycles. The van der Waals surface area contributed by atoms with Crippen molar-refractivity contribution >= 4 is 34.5 Å². The maximum atomic E-state index is 12.0. The molecule has 2 aromatic rings. The van der Waals surface area contributed by atoms with E-state index in [1.54, 1.807) is 17.0 Å². The van der Waals surface area contributed by atoms with Crippen LogP contribution in [-0.4, -0.2) is 16.8 Å². The van der Waals surface area contributed by atoms with Crippen molar-refractivity contribution in [3.63, 3.8) is 0 Å². The number of hydrogen-bond acceptors (Lipinski definition) is 4. The van der Waals surface area contributed by atoms with Crippen molar-refractivity contribution in [2.75, 3.05) is 10.6 Å². The Hall–Kier alpha value is -2.21. The minimum Gasteiger partial charge on any atom is -0.326 e. The fourth-order valence-corrected chi connectivity index (χ4v) is 2.33. The second kappa shape index (κ2) is 6.29. The molecule has 0 atom stereocenters. The highest BCUT2D eigenvalue weighted by Gasteiger charge is 2.11. The van der Waals surface area contributed by atoms with Gasteiger partial charge in [-0.25, -0.2) is 4.98 Å². The van der Waals surface area contributed by atoms with E-state index in [4.69, 9.17) is 0 Å². The Morgan fingerprint density at radius 3 is 2.70 bits per heavy atom. The zero-order valence-electron chi connectivity index (χ0n) is 11.3. The summed E-state index contributed by atoms with van der Waals surface area (Å²) in [5.74, 6) is -0.396. The third-order valence-corrected chi connectivity index (χ3v) is 3.31. The second-order valence-corrected chi connectivity index (χ2v) is 4.95. The number of nitrogens with one attached hydrogen (secondary N) is 2. The van der Waals surface area contributed by atoms with Crippen LogP contribution in [0.15, 0.2) is 29.1 Å². The van der Waals surface area contributed by atoms with E-state index in [0.29, 0.717) is 17.1 Å². The van der Waals surface area contributed by atoms with Crippen LogP contribution < -0.4 is 10.6 Å². The first-order chi connectivity index (χ1) is 9.60. The van der Waals surface area contributed by atoms with Crippen LogP contribution >= 0.6 is 11.3 Å². The quantitative estimate of drug-likeness (QED) is 0.909. The van der Waals surface area contributed by atoms with Gasteiger partial charge in [0.1, 0.15) is 5.69 Å². The lowest BCUT2D eigenvalue weighted by Gasteiger charge is -2.11. The number of carbonyl (C=O) groups is 2. The number of amides is 2. The van der Waals surface area contributed by atoms with Crippen LogP contribution in [-0.2, 0) is 11.2 Å². The van der Waals surface area contributed by atoms with E-state index in [2.05, 4.69) is 15.6 Å². The van der Waals surface area contributed by atoms with E-state index < -0.39 is 0 Å². The molecule has 0 radical (unpaired) electrons. The number of aryl methyl sites for hydroxylation is 1. The minimum absolute atomic E-state index is 0.147. The predicted octanol–water partition coefficient (Wildman–Crippen LogP) is 2.92. The Morgan fingerprint density at radius 1 is 1.30 bits per heavy atom. The molecule has 0 bridgehead atoms. The van der Waals surface area contributed by atoms with E-state index in [0.717, 1.165) is 12.0 Å². The van der Waals surface area contributed by atoms with Crippen LogP contribution in [0.3, 0.4) is 0 Å². The average molecular weight is 289 g/mol. The van der Waals surface area contributed by atoms with Crippen LogP contribution in [0.25, 0.3) is 0 Å². The van der Waals surface area contributed by atoms with Crippen LogP contribution in [0, 0.1) is 0 Å². The summed E-state index contributed by atoms with van der Waals surface area (Å²) in [6.45, 7) is 3.45. The number of nitrogens with zero attached hydrogens (tertiary/aromatic N) is 1. The lowest BCUT2D eigenvalue weighted by Crippen LogP contribution is -2.14. The average Bonchev–Trinajstić information content (AvgIpc) is 2.92. The molecule has 2 amide bonds. The third-order valence-electron chi connectivity index (χ3n) is 2.72. The minimum atomic E-state index is -0.249. The van der Waals surface area contributed by atoms with Crippen molar-refractivity contribution in [2.45, 2.75) is 20.3 Å². The lowest BCUT2D eigenvalue weighted by molar-refractivity contribution is -0.114. The molecule has 1 aromatic heterocycles. The molecule has 1 aromatic carbocycles. The third kappa shape index (κ3) is 3.42. The van der Waals surface area contributed by atoms with Crippen LogP contribution in [0.5, 0.6) is 0 Å². The molecular weight excluding hydrogens is 274 g/mol. The molecule has 20 heavy (non-hydrogen) atoms.